The Kier molecular flexibility index (Phi) is 3.51. The third-order valence-corrected chi connectivity index (χ3v) is 2.75. The van der Waals surface area contributed by atoms with Gasteiger partial charge in [0.25, 0.3) is 0 Å². The van der Waals surface area contributed by atoms with Gasteiger partial charge in [0.1, 0.15) is 0 Å². The maximum atomic E-state index is 13.2. The SMILES string of the molecule is COc1c(F)c(F)c(Cl)c(C(=O)O)c1Br. The molecule has 0 saturated carbocycles. The van der Waals surface area contributed by atoms with Gasteiger partial charge in [-0.3, -0.25) is 0 Å². The van der Waals surface area contributed by atoms with Crippen molar-refractivity contribution in [3.8, 4) is 5.75 Å². The highest BCUT2D eigenvalue weighted by molar-refractivity contribution is 9.10. The van der Waals surface area contributed by atoms with Crippen molar-refractivity contribution in [2.45, 2.75) is 0 Å². The van der Waals surface area contributed by atoms with Gasteiger partial charge in [-0.1, -0.05) is 11.6 Å². The van der Waals surface area contributed by atoms with E-state index in [9.17, 15) is 13.6 Å². The minimum atomic E-state index is -1.48. The molecular formula is C8H4BrClF2O3. The summed E-state index contributed by atoms with van der Waals surface area (Å²) in [5.41, 5.74) is -0.576. The fourth-order valence-electron chi connectivity index (χ4n) is 0.979. The maximum absolute atomic E-state index is 13.2. The molecule has 15 heavy (non-hydrogen) atoms. The van der Waals surface area contributed by atoms with Gasteiger partial charge in [-0.2, -0.15) is 4.39 Å². The van der Waals surface area contributed by atoms with Crippen LogP contribution in [-0.4, -0.2) is 18.2 Å². The number of hydrogen-bond acceptors (Lipinski definition) is 2. The van der Waals surface area contributed by atoms with Crippen molar-refractivity contribution >= 4 is 33.5 Å². The van der Waals surface area contributed by atoms with Crippen molar-refractivity contribution in [2.24, 2.45) is 0 Å². The highest BCUT2D eigenvalue weighted by atomic mass is 79.9. The second-order valence-corrected chi connectivity index (χ2v) is 3.64. The molecule has 1 aromatic carbocycles. The van der Waals surface area contributed by atoms with Crippen molar-refractivity contribution in [3.05, 3.63) is 26.7 Å². The first kappa shape index (κ1) is 12.2. The molecule has 7 heteroatoms. The Morgan fingerprint density at radius 1 is 1.47 bits per heavy atom. The van der Waals surface area contributed by atoms with Crippen LogP contribution in [0.15, 0.2) is 4.47 Å². The molecular weight excluding hydrogens is 297 g/mol. The second kappa shape index (κ2) is 4.32. The number of methoxy groups -OCH3 is 1. The highest BCUT2D eigenvalue weighted by Crippen LogP contribution is 2.38. The zero-order chi connectivity index (χ0) is 11.7. The minimum absolute atomic E-state index is 0.235. The molecule has 0 aromatic heterocycles. The number of carboxylic acid groups (broad SMARTS) is 1. The summed E-state index contributed by atoms with van der Waals surface area (Å²) in [6.07, 6.45) is 0. The van der Waals surface area contributed by atoms with Gasteiger partial charge in [0.05, 0.1) is 22.2 Å². The average Bonchev–Trinajstić information content (AvgIpc) is 2.15. The maximum Gasteiger partial charge on any atom is 0.338 e. The van der Waals surface area contributed by atoms with E-state index in [0.29, 0.717) is 0 Å². The van der Waals surface area contributed by atoms with E-state index in [4.69, 9.17) is 16.7 Å². The molecule has 0 radical (unpaired) electrons. The lowest BCUT2D eigenvalue weighted by Gasteiger charge is -2.10. The van der Waals surface area contributed by atoms with Gasteiger partial charge in [0, 0.05) is 0 Å². The van der Waals surface area contributed by atoms with Crippen LogP contribution in [0.4, 0.5) is 8.78 Å². The second-order valence-electron chi connectivity index (χ2n) is 2.47. The van der Waals surface area contributed by atoms with Gasteiger partial charge in [0.2, 0.25) is 5.82 Å². The predicted molar refractivity (Wildman–Crippen MR) is 52.6 cm³/mol. The van der Waals surface area contributed by atoms with E-state index in [2.05, 4.69) is 20.7 Å². The molecule has 1 aromatic rings. The first-order valence-electron chi connectivity index (χ1n) is 3.55. The lowest BCUT2D eigenvalue weighted by Crippen LogP contribution is -2.05. The molecule has 3 nitrogen and oxygen atoms in total. The van der Waals surface area contributed by atoms with Crippen LogP contribution >= 0.6 is 27.5 Å². The Balaban J connectivity index is 3.68. The smallest absolute Gasteiger partial charge is 0.338 e. The number of halogens is 4. The van der Waals surface area contributed by atoms with Crippen LogP contribution in [0, 0.1) is 11.6 Å². The molecule has 0 saturated heterocycles. The lowest BCUT2D eigenvalue weighted by atomic mass is 10.2. The van der Waals surface area contributed by atoms with E-state index in [1.165, 1.54) is 0 Å². The molecule has 0 fully saturated rings. The van der Waals surface area contributed by atoms with E-state index in [-0.39, 0.29) is 4.47 Å². The summed E-state index contributed by atoms with van der Waals surface area (Å²) >= 11 is 8.13. The van der Waals surface area contributed by atoms with E-state index >= 15 is 0 Å². The molecule has 0 bridgehead atoms. The Morgan fingerprint density at radius 3 is 2.40 bits per heavy atom. The fraction of sp³-hybridized carbons (Fsp3) is 0.125. The number of carboxylic acids is 1. The lowest BCUT2D eigenvalue weighted by molar-refractivity contribution is 0.0695. The molecule has 0 spiro atoms. The minimum Gasteiger partial charge on any atom is -0.492 e. The monoisotopic (exact) mass is 300 g/mol. The molecule has 0 amide bonds. The third-order valence-electron chi connectivity index (χ3n) is 1.64. The summed E-state index contributed by atoms with van der Waals surface area (Å²) in [5, 5.41) is 7.92. The van der Waals surface area contributed by atoms with Crippen molar-refractivity contribution in [3.63, 3.8) is 0 Å². The first-order valence-corrected chi connectivity index (χ1v) is 4.72. The van der Waals surface area contributed by atoms with Crippen LogP contribution in [0.1, 0.15) is 10.4 Å². The van der Waals surface area contributed by atoms with E-state index < -0.39 is 33.9 Å². The quantitative estimate of drug-likeness (QED) is 0.674. The largest absolute Gasteiger partial charge is 0.492 e. The van der Waals surface area contributed by atoms with Gasteiger partial charge in [-0.15, -0.1) is 0 Å². The van der Waals surface area contributed by atoms with Crippen molar-refractivity contribution in [1.29, 1.82) is 0 Å². The van der Waals surface area contributed by atoms with Gasteiger partial charge < -0.3 is 9.84 Å². The van der Waals surface area contributed by atoms with Crippen molar-refractivity contribution in [2.75, 3.05) is 7.11 Å². The standard InChI is InChI=1S/C8H4BrClF2O3/c1-15-7-3(9)2(8(13)14)4(10)5(11)6(7)12/h1H3,(H,13,14). The van der Waals surface area contributed by atoms with Crippen LogP contribution in [0.3, 0.4) is 0 Å². The van der Waals surface area contributed by atoms with E-state index in [0.717, 1.165) is 7.11 Å². The number of carbonyl (C=O) groups is 1. The topological polar surface area (TPSA) is 46.5 Å². The van der Waals surface area contributed by atoms with E-state index in [1.807, 2.05) is 0 Å². The van der Waals surface area contributed by atoms with Crippen LogP contribution in [0.25, 0.3) is 0 Å². The summed E-state index contributed by atoms with van der Waals surface area (Å²) in [6.45, 7) is 0. The molecule has 0 unspecified atom stereocenters. The van der Waals surface area contributed by atoms with Crippen LogP contribution < -0.4 is 4.74 Å². The Hall–Kier alpha value is -0.880. The predicted octanol–water partition coefficient (Wildman–Crippen LogP) is 3.09. The average molecular weight is 301 g/mol. The number of ether oxygens (including phenoxy) is 1. The van der Waals surface area contributed by atoms with Crippen LogP contribution in [0.5, 0.6) is 5.75 Å². The van der Waals surface area contributed by atoms with Gasteiger partial charge >= 0.3 is 5.97 Å². The summed E-state index contributed by atoms with van der Waals surface area (Å²) in [7, 11) is 1.09. The molecule has 0 aliphatic carbocycles. The molecule has 1 rings (SSSR count). The highest BCUT2D eigenvalue weighted by Gasteiger charge is 2.26. The van der Waals surface area contributed by atoms with Crippen LogP contribution in [-0.2, 0) is 0 Å². The normalized spacial score (nSPS) is 10.2. The Morgan fingerprint density at radius 2 is 2.00 bits per heavy atom. The molecule has 0 aliphatic heterocycles. The van der Waals surface area contributed by atoms with Gasteiger partial charge in [-0.05, 0) is 15.9 Å². The summed E-state index contributed by atoms with van der Waals surface area (Å²) in [4.78, 5) is 10.7. The van der Waals surface area contributed by atoms with Gasteiger partial charge in [0.15, 0.2) is 11.6 Å². The summed E-state index contributed by atoms with van der Waals surface area (Å²) in [6, 6.07) is 0. The number of rotatable bonds is 2. The molecule has 0 heterocycles. The zero-order valence-corrected chi connectivity index (χ0v) is 9.62. The third kappa shape index (κ3) is 1.91. The molecule has 0 atom stereocenters. The number of hydrogen-bond donors (Lipinski definition) is 1. The number of aromatic carboxylic acids is 1. The molecule has 0 aliphatic rings. The zero-order valence-electron chi connectivity index (χ0n) is 7.28. The van der Waals surface area contributed by atoms with Crippen molar-refractivity contribution in [1.82, 2.24) is 0 Å². The Labute approximate surface area is 96.7 Å². The Bertz CT molecular complexity index is 437. The van der Waals surface area contributed by atoms with Gasteiger partial charge in [-0.25, -0.2) is 9.18 Å². The van der Waals surface area contributed by atoms with E-state index in [1.54, 1.807) is 0 Å². The fourth-order valence-corrected chi connectivity index (χ4v) is 2.06. The summed E-state index contributed by atoms with van der Waals surface area (Å²) < 4.78 is 30.6. The molecule has 82 valence electrons. The van der Waals surface area contributed by atoms with Crippen LogP contribution in [0.2, 0.25) is 5.02 Å². The summed E-state index contributed by atoms with van der Waals surface area (Å²) in [5.74, 6) is -4.80. The molecule has 1 N–H and O–H groups in total. The first-order chi connectivity index (χ1) is 6.91. The van der Waals surface area contributed by atoms with Crippen molar-refractivity contribution < 1.29 is 23.4 Å². The number of benzene rings is 1.